The van der Waals surface area contributed by atoms with Crippen LogP contribution < -0.4 is 5.32 Å². The molecule has 3 unspecified atom stereocenters. The zero-order valence-electron chi connectivity index (χ0n) is 12.4. The lowest BCUT2D eigenvalue weighted by Gasteiger charge is -2.38. The Morgan fingerprint density at radius 2 is 1.85 bits per heavy atom. The maximum Gasteiger partial charge on any atom is 0.222 e. The first kappa shape index (κ1) is 13.1. The Balaban J connectivity index is 1.31. The fraction of sp³-hybridized carbons (Fsp3) is 0.938. The number of nitrogens with one attached hydrogen (secondary N) is 1. The van der Waals surface area contributed by atoms with Crippen LogP contribution in [0.3, 0.4) is 0 Å². The molecule has 0 spiro atoms. The molecule has 3 atom stereocenters. The highest BCUT2D eigenvalue weighted by Crippen LogP contribution is 2.33. The van der Waals surface area contributed by atoms with E-state index in [4.69, 9.17) is 0 Å². The summed E-state index contributed by atoms with van der Waals surface area (Å²) < 4.78 is 0. The van der Waals surface area contributed by atoms with Crippen LogP contribution in [0.15, 0.2) is 0 Å². The highest BCUT2D eigenvalue weighted by atomic mass is 16.2. The van der Waals surface area contributed by atoms with Gasteiger partial charge in [0.25, 0.3) is 0 Å². The minimum atomic E-state index is 0.433. The minimum absolute atomic E-state index is 0.433. The van der Waals surface area contributed by atoms with Crippen molar-refractivity contribution < 1.29 is 4.79 Å². The number of piperazine rings is 1. The number of fused-ring (bicyclic) bond motifs is 3. The standard InChI is InChI=1S/C16H27N3O/c20-16(10-12-8-13-3-4-14(9-12)17-13)19-7-6-18-5-1-2-15(18)11-19/h12-15,17H,1-11H2. The lowest BCUT2D eigenvalue weighted by atomic mass is 9.89. The Bertz CT molecular complexity index is 374. The van der Waals surface area contributed by atoms with E-state index in [0.717, 1.165) is 26.1 Å². The summed E-state index contributed by atoms with van der Waals surface area (Å²) in [5.74, 6) is 1.07. The number of piperidine rings is 1. The molecular formula is C16H27N3O. The van der Waals surface area contributed by atoms with Crippen LogP contribution in [-0.2, 0) is 4.79 Å². The van der Waals surface area contributed by atoms with Gasteiger partial charge in [-0.25, -0.2) is 0 Å². The highest BCUT2D eigenvalue weighted by Gasteiger charge is 2.36. The third kappa shape index (κ3) is 2.48. The molecule has 0 saturated carbocycles. The molecule has 4 aliphatic heterocycles. The van der Waals surface area contributed by atoms with E-state index in [1.165, 1.54) is 45.1 Å². The first-order valence-electron chi connectivity index (χ1n) is 8.56. The van der Waals surface area contributed by atoms with Gasteiger partial charge in [0.15, 0.2) is 0 Å². The van der Waals surface area contributed by atoms with Gasteiger partial charge < -0.3 is 10.2 Å². The molecule has 0 aliphatic carbocycles. The van der Waals surface area contributed by atoms with Crippen LogP contribution in [0.25, 0.3) is 0 Å². The lowest BCUT2D eigenvalue weighted by Crippen LogP contribution is -2.52. The molecule has 4 fully saturated rings. The molecule has 1 amide bonds. The number of hydrogen-bond donors (Lipinski definition) is 1. The second-order valence-electron chi connectivity index (χ2n) is 7.35. The number of rotatable bonds is 2. The first-order chi connectivity index (χ1) is 9.78. The molecular weight excluding hydrogens is 250 g/mol. The zero-order chi connectivity index (χ0) is 13.5. The SMILES string of the molecule is O=C(CC1CC2CCC(C1)N2)N1CCN2CCCC2C1. The van der Waals surface area contributed by atoms with Gasteiger partial charge in [0.2, 0.25) is 5.91 Å². The second kappa shape index (κ2) is 5.30. The average molecular weight is 277 g/mol. The van der Waals surface area contributed by atoms with Crippen LogP contribution in [0, 0.1) is 5.92 Å². The van der Waals surface area contributed by atoms with Crippen molar-refractivity contribution in [2.24, 2.45) is 5.92 Å². The van der Waals surface area contributed by atoms with Crippen molar-refractivity contribution >= 4 is 5.91 Å². The van der Waals surface area contributed by atoms with E-state index in [-0.39, 0.29) is 0 Å². The number of hydrogen-bond acceptors (Lipinski definition) is 3. The van der Waals surface area contributed by atoms with Crippen LogP contribution >= 0.6 is 0 Å². The van der Waals surface area contributed by atoms with Crippen LogP contribution in [0.5, 0.6) is 0 Å². The van der Waals surface area contributed by atoms with Gasteiger partial charge >= 0.3 is 0 Å². The Morgan fingerprint density at radius 1 is 1.05 bits per heavy atom. The summed E-state index contributed by atoms with van der Waals surface area (Å²) >= 11 is 0. The number of nitrogens with zero attached hydrogens (tertiary/aromatic N) is 2. The topological polar surface area (TPSA) is 35.6 Å². The number of amides is 1. The summed E-state index contributed by atoms with van der Waals surface area (Å²) in [5.41, 5.74) is 0. The van der Waals surface area contributed by atoms with Gasteiger partial charge in [-0.2, -0.15) is 0 Å². The zero-order valence-corrected chi connectivity index (χ0v) is 12.4. The maximum absolute atomic E-state index is 12.6. The fourth-order valence-corrected chi connectivity index (χ4v) is 4.94. The Hall–Kier alpha value is -0.610. The molecule has 0 aromatic rings. The molecule has 4 rings (SSSR count). The van der Waals surface area contributed by atoms with E-state index < -0.39 is 0 Å². The summed E-state index contributed by atoms with van der Waals surface area (Å²) in [7, 11) is 0. The molecule has 4 saturated heterocycles. The van der Waals surface area contributed by atoms with Crippen molar-refractivity contribution in [2.45, 2.75) is 63.1 Å². The number of carbonyl (C=O) groups excluding carboxylic acids is 1. The van der Waals surface area contributed by atoms with Crippen LogP contribution in [-0.4, -0.2) is 60.0 Å². The first-order valence-corrected chi connectivity index (χ1v) is 8.56. The molecule has 0 aromatic heterocycles. The van der Waals surface area contributed by atoms with Gasteiger partial charge in [-0.15, -0.1) is 0 Å². The predicted molar refractivity (Wildman–Crippen MR) is 78.5 cm³/mol. The van der Waals surface area contributed by atoms with Crippen molar-refractivity contribution in [1.82, 2.24) is 15.1 Å². The van der Waals surface area contributed by atoms with E-state index in [2.05, 4.69) is 15.1 Å². The van der Waals surface area contributed by atoms with Crippen molar-refractivity contribution in [1.29, 1.82) is 0 Å². The molecule has 4 aliphatic rings. The van der Waals surface area contributed by atoms with Crippen LogP contribution in [0.4, 0.5) is 0 Å². The summed E-state index contributed by atoms with van der Waals surface area (Å²) in [5, 5.41) is 3.67. The third-order valence-corrected chi connectivity index (χ3v) is 5.97. The number of carbonyl (C=O) groups is 1. The fourth-order valence-electron chi connectivity index (χ4n) is 4.94. The smallest absolute Gasteiger partial charge is 0.222 e. The van der Waals surface area contributed by atoms with Crippen molar-refractivity contribution in [3.8, 4) is 0 Å². The van der Waals surface area contributed by atoms with Crippen LogP contribution in [0.2, 0.25) is 0 Å². The quantitative estimate of drug-likeness (QED) is 0.824. The molecule has 0 radical (unpaired) electrons. The largest absolute Gasteiger partial charge is 0.340 e. The normalized spacial score (nSPS) is 40.9. The molecule has 4 heteroatoms. The Kier molecular flexibility index (Phi) is 3.47. The van der Waals surface area contributed by atoms with Gasteiger partial charge in [0, 0.05) is 44.2 Å². The molecule has 4 nitrogen and oxygen atoms in total. The van der Waals surface area contributed by atoms with E-state index in [1.807, 2.05) is 0 Å². The molecule has 112 valence electrons. The maximum atomic E-state index is 12.6. The summed E-state index contributed by atoms with van der Waals surface area (Å²) in [4.78, 5) is 17.3. The van der Waals surface area contributed by atoms with Gasteiger partial charge in [-0.05, 0) is 51.0 Å². The van der Waals surface area contributed by atoms with E-state index >= 15 is 0 Å². The second-order valence-corrected chi connectivity index (χ2v) is 7.35. The molecule has 2 bridgehead atoms. The van der Waals surface area contributed by atoms with Crippen molar-refractivity contribution in [2.75, 3.05) is 26.2 Å². The van der Waals surface area contributed by atoms with Crippen molar-refractivity contribution in [3.63, 3.8) is 0 Å². The monoisotopic (exact) mass is 277 g/mol. The molecule has 0 aromatic carbocycles. The minimum Gasteiger partial charge on any atom is -0.340 e. The summed E-state index contributed by atoms with van der Waals surface area (Å²) in [6, 6.07) is 2.08. The van der Waals surface area contributed by atoms with Crippen LogP contribution in [0.1, 0.15) is 44.9 Å². The molecule has 4 heterocycles. The van der Waals surface area contributed by atoms with Gasteiger partial charge in [0.1, 0.15) is 0 Å². The molecule has 1 N–H and O–H groups in total. The summed E-state index contributed by atoms with van der Waals surface area (Å²) in [6.07, 6.45) is 8.54. The third-order valence-electron chi connectivity index (χ3n) is 5.97. The highest BCUT2D eigenvalue weighted by molar-refractivity contribution is 5.76. The Morgan fingerprint density at radius 3 is 2.65 bits per heavy atom. The van der Waals surface area contributed by atoms with Gasteiger partial charge in [-0.3, -0.25) is 9.69 Å². The van der Waals surface area contributed by atoms with E-state index in [1.54, 1.807) is 0 Å². The Labute approximate surface area is 121 Å². The van der Waals surface area contributed by atoms with Gasteiger partial charge in [0.05, 0.1) is 0 Å². The van der Waals surface area contributed by atoms with E-state index in [9.17, 15) is 4.79 Å². The van der Waals surface area contributed by atoms with Gasteiger partial charge in [-0.1, -0.05) is 0 Å². The van der Waals surface area contributed by atoms with Crippen molar-refractivity contribution in [3.05, 3.63) is 0 Å². The lowest BCUT2D eigenvalue weighted by molar-refractivity contribution is -0.135. The van der Waals surface area contributed by atoms with E-state index in [0.29, 0.717) is 30.0 Å². The predicted octanol–water partition coefficient (Wildman–Crippen LogP) is 1.21. The summed E-state index contributed by atoms with van der Waals surface area (Å²) in [6.45, 7) is 4.32. The molecule has 20 heavy (non-hydrogen) atoms. The average Bonchev–Trinajstić information content (AvgIpc) is 3.04.